The van der Waals surface area contributed by atoms with Crippen LogP contribution in [0.5, 0.6) is 0 Å². The lowest BCUT2D eigenvalue weighted by atomic mass is 10.1. The van der Waals surface area contributed by atoms with E-state index in [1.807, 2.05) is 0 Å². The number of amides is 1. The van der Waals surface area contributed by atoms with Crippen LogP contribution in [0.15, 0.2) is 16.6 Å². The number of methoxy groups -OCH3 is 1. The Morgan fingerprint density at radius 2 is 2.36 bits per heavy atom. The van der Waals surface area contributed by atoms with Gasteiger partial charge in [-0.2, -0.15) is 0 Å². The zero-order valence-electron chi connectivity index (χ0n) is 8.02. The maximum absolute atomic E-state index is 11.3. The molecule has 5 heteroatoms. The monoisotopic (exact) mass is 197 g/mol. The van der Waals surface area contributed by atoms with Crippen molar-refractivity contribution in [1.29, 1.82) is 0 Å². The summed E-state index contributed by atoms with van der Waals surface area (Å²) >= 11 is 0. The normalized spacial score (nSPS) is 20.6. The average Bonchev–Trinajstić information content (AvgIpc) is 2.17. The molecule has 0 bridgehead atoms. The van der Waals surface area contributed by atoms with Gasteiger partial charge in [0.25, 0.3) is 5.91 Å². The van der Waals surface area contributed by atoms with E-state index in [2.05, 4.69) is 4.99 Å². The second-order valence-electron chi connectivity index (χ2n) is 2.57. The first kappa shape index (κ1) is 10.6. The Labute approximate surface area is 81.4 Å². The minimum Gasteiger partial charge on any atom is -0.463 e. The van der Waals surface area contributed by atoms with Crippen molar-refractivity contribution in [3.63, 3.8) is 0 Å². The highest BCUT2D eigenvalue weighted by atomic mass is 16.5. The lowest BCUT2D eigenvalue weighted by Crippen LogP contribution is -2.31. The Bertz CT molecular complexity index is 306. The van der Waals surface area contributed by atoms with Crippen LogP contribution in [0.25, 0.3) is 0 Å². The summed E-state index contributed by atoms with van der Waals surface area (Å²) in [6.07, 6.45) is 1.76. The van der Waals surface area contributed by atoms with Crippen LogP contribution >= 0.6 is 0 Å². The maximum Gasteiger partial charge on any atom is 0.337 e. The molecule has 1 heterocycles. The fraction of sp³-hybridized carbons (Fsp3) is 0.444. The minimum atomic E-state index is -0.931. The Morgan fingerprint density at radius 1 is 1.64 bits per heavy atom. The van der Waals surface area contributed by atoms with Crippen LogP contribution in [-0.4, -0.2) is 37.9 Å². The van der Waals surface area contributed by atoms with E-state index in [9.17, 15) is 9.59 Å². The van der Waals surface area contributed by atoms with E-state index in [-0.39, 0.29) is 12.2 Å². The molecule has 0 aliphatic carbocycles. The number of dihydropyridines is 1. The molecule has 1 unspecified atom stereocenters. The van der Waals surface area contributed by atoms with Crippen LogP contribution in [0.3, 0.4) is 0 Å². The maximum atomic E-state index is 11.3. The summed E-state index contributed by atoms with van der Waals surface area (Å²) in [4.78, 5) is 26.0. The summed E-state index contributed by atoms with van der Waals surface area (Å²) in [5.41, 5.74) is 0.189. The molecule has 0 saturated carbocycles. The first-order valence-electron chi connectivity index (χ1n) is 4.18. The summed E-state index contributed by atoms with van der Waals surface area (Å²) in [5.74, 6) is -1.03. The van der Waals surface area contributed by atoms with Gasteiger partial charge >= 0.3 is 5.97 Å². The summed E-state index contributed by atoms with van der Waals surface area (Å²) < 4.78 is 9.61. The largest absolute Gasteiger partial charge is 0.463 e. The van der Waals surface area contributed by atoms with Gasteiger partial charge in [0.2, 0.25) is 0 Å². The van der Waals surface area contributed by atoms with Crippen molar-refractivity contribution in [2.24, 2.45) is 4.99 Å². The molecule has 0 radical (unpaired) electrons. The van der Waals surface area contributed by atoms with E-state index in [0.717, 1.165) is 0 Å². The molecule has 0 N–H and O–H groups in total. The zero-order chi connectivity index (χ0) is 10.6. The van der Waals surface area contributed by atoms with Crippen molar-refractivity contribution in [2.45, 2.75) is 13.0 Å². The molecule has 0 spiro atoms. The molecule has 0 aromatic heterocycles. The van der Waals surface area contributed by atoms with Crippen molar-refractivity contribution in [1.82, 2.24) is 0 Å². The van der Waals surface area contributed by atoms with E-state index in [1.165, 1.54) is 19.4 Å². The number of carbonyl (C=O) groups excluding carboxylic acids is 2. The van der Waals surface area contributed by atoms with Crippen LogP contribution in [-0.2, 0) is 19.1 Å². The van der Waals surface area contributed by atoms with Gasteiger partial charge in [-0.25, -0.2) is 9.79 Å². The number of ether oxygens (including phenoxy) is 2. The predicted octanol–water partition coefficient (Wildman–Crippen LogP) is 0.102. The van der Waals surface area contributed by atoms with E-state index < -0.39 is 18.0 Å². The number of hydrogen-bond acceptors (Lipinski definition) is 4. The van der Waals surface area contributed by atoms with Crippen LogP contribution in [0.2, 0.25) is 0 Å². The SMILES string of the molecule is CCOC(=O)C1=CC=NC(=O)C1OC. The van der Waals surface area contributed by atoms with Gasteiger partial charge in [0.05, 0.1) is 12.2 Å². The summed E-state index contributed by atoms with van der Waals surface area (Å²) in [6, 6.07) is 0. The molecule has 1 aliphatic heterocycles. The molecule has 5 nitrogen and oxygen atoms in total. The van der Waals surface area contributed by atoms with Crippen molar-refractivity contribution in [3.05, 3.63) is 11.6 Å². The third kappa shape index (κ3) is 2.05. The molecule has 0 aromatic carbocycles. The quantitative estimate of drug-likeness (QED) is 0.602. The first-order valence-corrected chi connectivity index (χ1v) is 4.18. The number of esters is 1. The van der Waals surface area contributed by atoms with Crippen molar-refractivity contribution >= 4 is 18.1 Å². The Hall–Kier alpha value is -1.49. The molecule has 0 aromatic rings. The topological polar surface area (TPSA) is 65.0 Å². The van der Waals surface area contributed by atoms with Crippen LogP contribution < -0.4 is 0 Å². The standard InChI is InChI=1S/C9H11NO4/c1-3-14-9(12)6-4-5-10-8(11)7(6)13-2/h4-5,7H,3H2,1-2H3. The molecule has 1 atom stereocenters. The van der Waals surface area contributed by atoms with Crippen LogP contribution in [0.4, 0.5) is 0 Å². The average molecular weight is 197 g/mol. The lowest BCUT2D eigenvalue weighted by Gasteiger charge is -2.16. The number of rotatable bonds is 3. The highest BCUT2D eigenvalue weighted by Gasteiger charge is 2.29. The molecule has 0 fully saturated rings. The van der Waals surface area contributed by atoms with Gasteiger partial charge < -0.3 is 9.47 Å². The van der Waals surface area contributed by atoms with Gasteiger partial charge in [-0.1, -0.05) is 0 Å². The fourth-order valence-electron chi connectivity index (χ4n) is 1.10. The van der Waals surface area contributed by atoms with E-state index in [0.29, 0.717) is 0 Å². The first-order chi connectivity index (χ1) is 6.70. The predicted molar refractivity (Wildman–Crippen MR) is 49.0 cm³/mol. The lowest BCUT2D eigenvalue weighted by molar-refractivity contribution is -0.142. The Balaban J connectivity index is 2.84. The summed E-state index contributed by atoms with van der Waals surface area (Å²) in [6.45, 7) is 1.96. The molecular weight excluding hydrogens is 186 g/mol. The van der Waals surface area contributed by atoms with Gasteiger partial charge in [0, 0.05) is 13.3 Å². The van der Waals surface area contributed by atoms with Crippen LogP contribution in [0.1, 0.15) is 6.92 Å². The molecule has 76 valence electrons. The van der Waals surface area contributed by atoms with Crippen LogP contribution in [0, 0.1) is 0 Å². The number of hydrogen-bond donors (Lipinski definition) is 0. The van der Waals surface area contributed by atoms with Crippen molar-refractivity contribution < 1.29 is 19.1 Å². The highest BCUT2D eigenvalue weighted by Crippen LogP contribution is 2.13. The number of nitrogens with zero attached hydrogens (tertiary/aromatic N) is 1. The second-order valence-corrected chi connectivity index (χ2v) is 2.57. The zero-order valence-corrected chi connectivity index (χ0v) is 8.02. The molecule has 1 rings (SSSR count). The van der Waals surface area contributed by atoms with Gasteiger partial charge in [-0.15, -0.1) is 0 Å². The third-order valence-electron chi connectivity index (χ3n) is 1.71. The van der Waals surface area contributed by atoms with Crippen molar-refractivity contribution in [3.8, 4) is 0 Å². The molecule has 1 aliphatic rings. The number of carbonyl (C=O) groups is 2. The smallest absolute Gasteiger partial charge is 0.337 e. The molecule has 14 heavy (non-hydrogen) atoms. The van der Waals surface area contributed by atoms with Gasteiger partial charge in [-0.05, 0) is 13.0 Å². The van der Waals surface area contributed by atoms with E-state index >= 15 is 0 Å². The van der Waals surface area contributed by atoms with Gasteiger partial charge in [0.15, 0.2) is 6.10 Å². The summed E-state index contributed by atoms with van der Waals surface area (Å²) in [5, 5.41) is 0. The number of aliphatic imine (C=N–C) groups is 1. The Kier molecular flexibility index (Phi) is 3.53. The second kappa shape index (κ2) is 4.66. The highest BCUT2D eigenvalue weighted by molar-refractivity contribution is 6.07. The van der Waals surface area contributed by atoms with Gasteiger partial charge in [0.1, 0.15) is 0 Å². The van der Waals surface area contributed by atoms with E-state index in [1.54, 1.807) is 6.92 Å². The molecule has 0 saturated heterocycles. The summed E-state index contributed by atoms with van der Waals surface area (Å²) in [7, 11) is 1.34. The third-order valence-corrected chi connectivity index (χ3v) is 1.71. The Morgan fingerprint density at radius 3 is 2.93 bits per heavy atom. The minimum absolute atomic E-state index is 0.189. The molecule has 1 amide bonds. The number of allylic oxidation sites excluding steroid dienone is 1. The van der Waals surface area contributed by atoms with Gasteiger partial charge in [-0.3, -0.25) is 4.79 Å². The fourth-order valence-corrected chi connectivity index (χ4v) is 1.10. The van der Waals surface area contributed by atoms with Crippen molar-refractivity contribution in [2.75, 3.05) is 13.7 Å². The van der Waals surface area contributed by atoms with E-state index in [4.69, 9.17) is 9.47 Å². The molecular formula is C9H11NO4.